The normalized spacial score (nSPS) is 20.7. The number of rotatable bonds is 6. The molecule has 0 unspecified atom stereocenters. The Labute approximate surface area is 136 Å². The summed E-state index contributed by atoms with van der Waals surface area (Å²) in [6.45, 7) is 3.26. The van der Waals surface area contributed by atoms with Crippen LogP contribution in [0.5, 0.6) is 0 Å². The second-order valence-electron chi connectivity index (χ2n) is 5.76. The van der Waals surface area contributed by atoms with Crippen molar-refractivity contribution in [1.82, 2.24) is 5.32 Å². The number of amides is 1. The highest BCUT2D eigenvalue weighted by Gasteiger charge is 2.31. The molecule has 1 aliphatic heterocycles. The molecular weight excluding hydrogens is 296 g/mol. The minimum absolute atomic E-state index is 0.188. The lowest BCUT2D eigenvalue weighted by Crippen LogP contribution is -2.38. The highest BCUT2D eigenvalue weighted by molar-refractivity contribution is 5.84. The summed E-state index contributed by atoms with van der Waals surface area (Å²) in [6.07, 6.45) is 2.90. The van der Waals surface area contributed by atoms with Crippen LogP contribution >= 0.6 is 0 Å². The molecule has 0 bridgehead atoms. The second kappa shape index (κ2) is 8.53. The number of piperidine rings is 1. The van der Waals surface area contributed by atoms with E-state index in [2.05, 4.69) is 10.6 Å². The van der Waals surface area contributed by atoms with E-state index < -0.39 is 18.0 Å². The first-order valence-electron chi connectivity index (χ1n) is 8.11. The van der Waals surface area contributed by atoms with E-state index in [1.807, 2.05) is 19.1 Å². The van der Waals surface area contributed by atoms with E-state index in [1.165, 1.54) is 0 Å². The molecule has 1 fully saturated rings. The molecule has 0 spiro atoms. The fraction of sp³-hybridized carbons (Fsp3) is 0.529. The lowest BCUT2D eigenvalue weighted by molar-refractivity contribution is -0.143. The lowest BCUT2D eigenvalue weighted by atomic mass is 9.86. The van der Waals surface area contributed by atoms with Gasteiger partial charge in [0.05, 0.1) is 12.5 Å². The molecule has 1 aromatic rings. The van der Waals surface area contributed by atoms with E-state index >= 15 is 0 Å². The van der Waals surface area contributed by atoms with Crippen LogP contribution in [0, 0.1) is 5.92 Å². The topological polar surface area (TPSA) is 87.7 Å². The molecule has 6 nitrogen and oxygen atoms in total. The SMILES string of the molecule is CCCCOC(=O)Nc1ccc([C@@H]2NCCC[C@@H]2C(=O)O)cc1. The maximum atomic E-state index is 11.6. The van der Waals surface area contributed by atoms with Crippen LogP contribution in [0.3, 0.4) is 0 Å². The summed E-state index contributed by atoms with van der Waals surface area (Å²) in [6, 6.07) is 7.05. The molecule has 1 saturated heterocycles. The van der Waals surface area contributed by atoms with Crippen molar-refractivity contribution in [3.05, 3.63) is 29.8 Å². The van der Waals surface area contributed by atoms with Crippen molar-refractivity contribution in [2.45, 2.75) is 38.6 Å². The first-order chi connectivity index (χ1) is 11.1. The lowest BCUT2D eigenvalue weighted by Gasteiger charge is -2.30. The van der Waals surface area contributed by atoms with Gasteiger partial charge in [-0.15, -0.1) is 0 Å². The molecule has 0 saturated carbocycles. The molecule has 6 heteroatoms. The molecule has 2 atom stereocenters. The van der Waals surface area contributed by atoms with Gasteiger partial charge in [0, 0.05) is 11.7 Å². The number of anilines is 1. The smallest absolute Gasteiger partial charge is 0.411 e. The molecule has 0 aromatic heterocycles. The number of hydrogen-bond acceptors (Lipinski definition) is 4. The Balaban J connectivity index is 1.95. The first-order valence-corrected chi connectivity index (χ1v) is 8.11. The van der Waals surface area contributed by atoms with Crippen LogP contribution in [-0.4, -0.2) is 30.3 Å². The number of nitrogens with one attached hydrogen (secondary N) is 2. The van der Waals surface area contributed by atoms with Crippen molar-refractivity contribution in [2.24, 2.45) is 5.92 Å². The molecule has 0 radical (unpaired) electrons. The standard InChI is InChI=1S/C17H24N2O4/c1-2-3-11-23-17(22)19-13-8-6-12(7-9-13)15-14(16(20)21)5-4-10-18-15/h6-9,14-15,18H,2-5,10-11H2,1H3,(H,19,22)(H,20,21)/t14-,15-/m0/s1. The monoisotopic (exact) mass is 320 g/mol. The number of aliphatic carboxylic acids is 1. The summed E-state index contributed by atoms with van der Waals surface area (Å²) in [5.74, 6) is -1.19. The number of unbranched alkanes of at least 4 members (excludes halogenated alkanes) is 1. The third-order valence-electron chi connectivity index (χ3n) is 4.02. The Bertz CT molecular complexity index is 530. The van der Waals surface area contributed by atoms with Crippen LogP contribution in [0.1, 0.15) is 44.2 Å². The number of carboxylic acids is 1. The number of hydrogen-bond donors (Lipinski definition) is 3. The second-order valence-corrected chi connectivity index (χ2v) is 5.76. The van der Waals surface area contributed by atoms with Gasteiger partial charge in [-0.3, -0.25) is 10.1 Å². The molecule has 126 valence electrons. The third-order valence-corrected chi connectivity index (χ3v) is 4.02. The van der Waals surface area contributed by atoms with Crippen LogP contribution in [0.15, 0.2) is 24.3 Å². The van der Waals surface area contributed by atoms with Gasteiger partial charge in [-0.2, -0.15) is 0 Å². The maximum absolute atomic E-state index is 11.6. The Hall–Kier alpha value is -2.08. The molecule has 23 heavy (non-hydrogen) atoms. The highest BCUT2D eigenvalue weighted by atomic mass is 16.5. The van der Waals surface area contributed by atoms with Crippen molar-refractivity contribution in [3.63, 3.8) is 0 Å². The van der Waals surface area contributed by atoms with E-state index in [0.717, 1.165) is 31.4 Å². The molecule has 3 N–H and O–H groups in total. The van der Waals surface area contributed by atoms with E-state index in [4.69, 9.17) is 4.74 Å². The van der Waals surface area contributed by atoms with Gasteiger partial charge < -0.3 is 15.2 Å². The molecule has 1 amide bonds. The maximum Gasteiger partial charge on any atom is 0.411 e. The fourth-order valence-electron chi connectivity index (χ4n) is 2.74. The van der Waals surface area contributed by atoms with Gasteiger partial charge in [0.1, 0.15) is 0 Å². The predicted molar refractivity (Wildman–Crippen MR) is 87.4 cm³/mol. The van der Waals surface area contributed by atoms with Gasteiger partial charge in [-0.05, 0) is 43.5 Å². The van der Waals surface area contributed by atoms with Crippen LogP contribution < -0.4 is 10.6 Å². The number of carboxylic acid groups (broad SMARTS) is 1. The minimum Gasteiger partial charge on any atom is -0.481 e. The van der Waals surface area contributed by atoms with Crippen molar-refractivity contribution >= 4 is 17.7 Å². The van der Waals surface area contributed by atoms with E-state index in [-0.39, 0.29) is 6.04 Å². The predicted octanol–water partition coefficient (Wildman–Crippen LogP) is 3.16. The van der Waals surface area contributed by atoms with Crippen molar-refractivity contribution < 1.29 is 19.4 Å². The van der Waals surface area contributed by atoms with Crippen molar-refractivity contribution in [2.75, 3.05) is 18.5 Å². The molecule has 1 heterocycles. The van der Waals surface area contributed by atoms with E-state index in [9.17, 15) is 14.7 Å². The Kier molecular flexibility index (Phi) is 6.40. The fourth-order valence-corrected chi connectivity index (χ4v) is 2.74. The largest absolute Gasteiger partial charge is 0.481 e. The highest BCUT2D eigenvalue weighted by Crippen LogP contribution is 2.30. The van der Waals surface area contributed by atoms with Gasteiger partial charge in [0.15, 0.2) is 0 Å². The molecule has 2 rings (SSSR count). The third kappa shape index (κ3) is 4.96. The van der Waals surface area contributed by atoms with Crippen molar-refractivity contribution in [1.29, 1.82) is 0 Å². The Morgan fingerprint density at radius 1 is 1.35 bits per heavy atom. The summed E-state index contributed by atoms with van der Waals surface area (Å²) >= 11 is 0. The summed E-state index contributed by atoms with van der Waals surface area (Å²) in [4.78, 5) is 23.0. The number of carbonyl (C=O) groups is 2. The molecule has 0 aliphatic carbocycles. The van der Waals surface area contributed by atoms with Gasteiger partial charge in [0.25, 0.3) is 0 Å². The van der Waals surface area contributed by atoms with Gasteiger partial charge in [-0.1, -0.05) is 25.5 Å². The zero-order valence-electron chi connectivity index (χ0n) is 13.4. The van der Waals surface area contributed by atoms with Crippen molar-refractivity contribution in [3.8, 4) is 0 Å². The zero-order chi connectivity index (χ0) is 16.7. The summed E-state index contributed by atoms with van der Waals surface area (Å²) < 4.78 is 5.04. The quantitative estimate of drug-likeness (QED) is 0.701. The van der Waals surface area contributed by atoms with Gasteiger partial charge in [-0.25, -0.2) is 4.79 Å². The Morgan fingerprint density at radius 3 is 2.74 bits per heavy atom. The Morgan fingerprint density at radius 2 is 2.09 bits per heavy atom. The summed E-state index contributed by atoms with van der Waals surface area (Å²) in [7, 11) is 0. The first kappa shape index (κ1) is 17.3. The van der Waals surface area contributed by atoms with Crippen LogP contribution in [0.4, 0.5) is 10.5 Å². The summed E-state index contributed by atoms with van der Waals surface area (Å²) in [5, 5.41) is 15.3. The van der Waals surface area contributed by atoms with E-state index in [0.29, 0.717) is 18.7 Å². The minimum atomic E-state index is -0.774. The van der Waals surface area contributed by atoms with Crippen LogP contribution in [0.25, 0.3) is 0 Å². The van der Waals surface area contributed by atoms with Gasteiger partial charge in [0.2, 0.25) is 0 Å². The molecule has 1 aromatic carbocycles. The average molecular weight is 320 g/mol. The number of benzene rings is 1. The van der Waals surface area contributed by atoms with Gasteiger partial charge >= 0.3 is 12.1 Å². The number of carbonyl (C=O) groups excluding carboxylic acids is 1. The van der Waals surface area contributed by atoms with Crippen LogP contribution in [0.2, 0.25) is 0 Å². The van der Waals surface area contributed by atoms with E-state index in [1.54, 1.807) is 12.1 Å². The molecule has 1 aliphatic rings. The zero-order valence-corrected chi connectivity index (χ0v) is 13.4. The molecular formula is C17H24N2O4. The average Bonchev–Trinajstić information content (AvgIpc) is 2.56. The summed E-state index contributed by atoms with van der Waals surface area (Å²) in [5.41, 5.74) is 1.56. The van der Waals surface area contributed by atoms with Crippen LogP contribution in [-0.2, 0) is 9.53 Å². The number of ether oxygens (including phenoxy) is 1.